The quantitative estimate of drug-likeness (QED) is 0.870. The topological polar surface area (TPSA) is 72.9 Å². The number of carbonyl (C=O) groups is 1. The number of aryl methyl sites for hydroxylation is 2. The Morgan fingerprint density at radius 3 is 2.95 bits per heavy atom. The lowest BCUT2D eigenvalue weighted by Gasteiger charge is -2.38. The second-order valence-corrected chi connectivity index (χ2v) is 6.60. The van der Waals surface area contributed by atoms with Crippen LogP contribution in [0.4, 0.5) is 0 Å². The van der Waals surface area contributed by atoms with Crippen molar-refractivity contribution in [3.63, 3.8) is 0 Å². The summed E-state index contributed by atoms with van der Waals surface area (Å²) >= 11 is 1.80. The van der Waals surface area contributed by atoms with Gasteiger partial charge in [0.2, 0.25) is 5.91 Å². The molecule has 1 aromatic rings. The smallest absolute Gasteiger partial charge is 0.237 e. The normalized spacial score (nSPS) is 27.4. The molecule has 19 heavy (non-hydrogen) atoms. The van der Waals surface area contributed by atoms with E-state index in [-0.39, 0.29) is 5.91 Å². The van der Waals surface area contributed by atoms with Gasteiger partial charge in [0.1, 0.15) is 0 Å². The SMILES string of the molecule is CNC1(C(N)=O)CCCC(Sc2cc(C)nn2C)C1. The van der Waals surface area contributed by atoms with E-state index < -0.39 is 5.54 Å². The number of hydrogen-bond donors (Lipinski definition) is 2. The summed E-state index contributed by atoms with van der Waals surface area (Å²) in [6.45, 7) is 1.99. The number of rotatable bonds is 4. The van der Waals surface area contributed by atoms with E-state index in [1.54, 1.807) is 11.8 Å². The zero-order chi connectivity index (χ0) is 14.0. The minimum Gasteiger partial charge on any atom is -0.368 e. The number of aromatic nitrogens is 2. The van der Waals surface area contributed by atoms with Crippen LogP contribution < -0.4 is 11.1 Å². The summed E-state index contributed by atoms with van der Waals surface area (Å²) in [6, 6.07) is 2.09. The third-order valence-electron chi connectivity index (χ3n) is 3.90. The highest BCUT2D eigenvalue weighted by Crippen LogP contribution is 2.38. The maximum Gasteiger partial charge on any atom is 0.237 e. The van der Waals surface area contributed by atoms with Crippen LogP contribution in [0.15, 0.2) is 11.1 Å². The fourth-order valence-electron chi connectivity index (χ4n) is 2.77. The van der Waals surface area contributed by atoms with E-state index in [0.29, 0.717) is 5.25 Å². The summed E-state index contributed by atoms with van der Waals surface area (Å²) in [5.74, 6) is -0.235. The largest absolute Gasteiger partial charge is 0.368 e. The zero-order valence-corrected chi connectivity index (χ0v) is 12.6. The molecule has 106 valence electrons. The Labute approximate surface area is 118 Å². The van der Waals surface area contributed by atoms with Gasteiger partial charge in [0, 0.05) is 12.3 Å². The van der Waals surface area contributed by atoms with Crippen molar-refractivity contribution in [3.05, 3.63) is 11.8 Å². The molecular weight excluding hydrogens is 260 g/mol. The molecule has 0 spiro atoms. The molecule has 1 heterocycles. The summed E-state index contributed by atoms with van der Waals surface area (Å²) in [5.41, 5.74) is 6.06. The molecule has 0 aliphatic heterocycles. The first kappa shape index (κ1) is 14.4. The summed E-state index contributed by atoms with van der Waals surface area (Å²) in [4.78, 5) is 11.7. The first-order chi connectivity index (χ1) is 8.97. The summed E-state index contributed by atoms with van der Waals surface area (Å²) in [6.07, 6.45) is 3.76. The van der Waals surface area contributed by atoms with Crippen molar-refractivity contribution in [2.45, 2.75) is 48.4 Å². The Kier molecular flexibility index (Phi) is 4.20. The van der Waals surface area contributed by atoms with Crippen molar-refractivity contribution in [2.75, 3.05) is 7.05 Å². The van der Waals surface area contributed by atoms with Crippen LogP contribution in [0, 0.1) is 6.92 Å². The van der Waals surface area contributed by atoms with Crippen molar-refractivity contribution >= 4 is 17.7 Å². The molecule has 2 rings (SSSR count). The molecule has 0 saturated heterocycles. The minimum atomic E-state index is -0.538. The monoisotopic (exact) mass is 282 g/mol. The van der Waals surface area contributed by atoms with Crippen LogP contribution in [0.5, 0.6) is 0 Å². The van der Waals surface area contributed by atoms with Gasteiger partial charge in [-0.25, -0.2) is 0 Å². The highest BCUT2D eigenvalue weighted by Gasteiger charge is 2.40. The Bertz CT molecular complexity index is 473. The molecule has 0 aromatic carbocycles. The number of carbonyl (C=O) groups excluding carboxylic acids is 1. The van der Waals surface area contributed by atoms with Gasteiger partial charge in [-0.15, -0.1) is 11.8 Å². The third-order valence-corrected chi connectivity index (χ3v) is 5.26. The Balaban J connectivity index is 2.09. The first-order valence-electron chi connectivity index (χ1n) is 6.63. The molecule has 1 aromatic heterocycles. The molecule has 1 fully saturated rings. The number of nitrogens with zero attached hydrogens (tertiary/aromatic N) is 2. The van der Waals surface area contributed by atoms with Crippen LogP contribution in [0.3, 0.4) is 0 Å². The second-order valence-electron chi connectivity index (χ2n) is 5.28. The molecule has 2 atom stereocenters. The molecule has 0 radical (unpaired) electrons. The van der Waals surface area contributed by atoms with Crippen LogP contribution >= 0.6 is 11.8 Å². The summed E-state index contributed by atoms with van der Waals surface area (Å²) in [5, 5.41) is 9.06. The van der Waals surface area contributed by atoms with Crippen LogP contribution in [-0.2, 0) is 11.8 Å². The Morgan fingerprint density at radius 1 is 1.68 bits per heavy atom. The van der Waals surface area contributed by atoms with E-state index in [9.17, 15) is 4.79 Å². The highest BCUT2D eigenvalue weighted by atomic mass is 32.2. The van der Waals surface area contributed by atoms with E-state index in [0.717, 1.165) is 36.4 Å². The molecule has 1 amide bonds. The predicted molar refractivity (Wildman–Crippen MR) is 77.0 cm³/mol. The van der Waals surface area contributed by atoms with Crippen molar-refractivity contribution in [3.8, 4) is 0 Å². The summed E-state index contributed by atoms with van der Waals surface area (Å²) in [7, 11) is 3.78. The number of likely N-dealkylation sites (N-methyl/N-ethyl adjacent to an activating group) is 1. The van der Waals surface area contributed by atoms with Gasteiger partial charge in [-0.3, -0.25) is 9.48 Å². The van der Waals surface area contributed by atoms with E-state index >= 15 is 0 Å². The van der Waals surface area contributed by atoms with Crippen molar-refractivity contribution in [1.82, 2.24) is 15.1 Å². The van der Waals surface area contributed by atoms with Gasteiger partial charge < -0.3 is 11.1 Å². The van der Waals surface area contributed by atoms with Crippen molar-refractivity contribution in [1.29, 1.82) is 0 Å². The first-order valence-corrected chi connectivity index (χ1v) is 7.51. The number of nitrogens with two attached hydrogens (primary N) is 1. The second kappa shape index (κ2) is 5.54. The highest BCUT2D eigenvalue weighted by molar-refractivity contribution is 7.99. The van der Waals surface area contributed by atoms with Gasteiger partial charge in [-0.05, 0) is 45.7 Å². The Morgan fingerprint density at radius 2 is 2.42 bits per heavy atom. The van der Waals surface area contributed by atoms with E-state index in [4.69, 9.17) is 5.73 Å². The van der Waals surface area contributed by atoms with Gasteiger partial charge >= 0.3 is 0 Å². The molecule has 3 N–H and O–H groups in total. The van der Waals surface area contributed by atoms with Gasteiger partial charge in [0.05, 0.1) is 16.3 Å². The lowest BCUT2D eigenvalue weighted by atomic mass is 9.81. The van der Waals surface area contributed by atoms with E-state index in [1.807, 2.05) is 25.7 Å². The average molecular weight is 282 g/mol. The molecule has 0 bridgehead atoms. The van der Waals surface area contributed by atoms with Crippen LogP contribution in [0.1, 0.15) is 31.4 Å². The van der Waals surface area contributed by atoms with Gasteiger partial charge in [-0.1, -0.05) is 0 Å². The number of primary amides is 1. The van der Waals surface area contributed by atoms with Gasteiger partial charge in [-0.2, -0.15) is 5.10 Å². The van der Waals surface area contributed by atoms with Crippen LogP contribution in [-0.4, -0.2) is 33.5 Å². The molecular formula is C13H22N4OS. The number of nitrogens with one attached hydrogen (secondary N) is 1. The number of hydrogen-bond acceptors (Lipinski definition) is 4. The molecule has 1 aliphatic rings. The Hall–Kier alpha value is -1.01. The van der Waals surface area contributed by atoms with Gasteiger partial charge in [0.25, 0.3) is 0 Å². The van der Waals surface area contributed by atoms with E-state index in [1.165, 1.54) is 0 Å². The zero-order valence-electron chi connectivity index (χ0n) is 11.8. The van der Waals surface area contributed by atoms with Gasteiger partial charge in [0.15, 0.2) is 0 Å². The molecule has 5 nitrogen and oxygen atoms in total. The predicted octanol–water partition coefficient (Wildman–Crippen LogP) is 1.21. The number of thioether (sulfide) groups is 1. The maximum atomic E-state index is 11.7. The lowest BCUT2D eigenvalue weighted by molar-refractivity contribution is -0.125. The molecule has 6 heteroatoms. The van der Waals surface area contributed by atoms with Crippen LogP contribution in [0.25, 0.3) is 0 Å². The van der Waals surface area contributed by atoms with E-state index in [2.05, 4.69) is 16.5 Å². The molecule has 1 saturated carbocycles. The molecule has 1 aliphatic carbocycles. The maximum absolute atomic E-state index is 11.7. The third kappa shape index (κ3) is 2.95. The fourth-order valence-corrected chi connectivity index (χ4v) is 4.19. The van der Waals surface area contributed by atoms with Crippen molar-refractivity contribution < 1.29 is 4.79 Å². The molecule has 2 unspecified atom stereocenters. The minimum absolute atomic E-state index is 0.235. The van der Waals surface area contributed by atoms with Crippen LogP contribution in [0.2, 0.25) is 0 Å². The fraction of sp³-hybridized carbons (Fsp3) is 0.692. The standard InChI is InChI=1S/C13H22N4OS/c1-9-7-11(17(3)16-9)19-10-5-4-6-13(8-10,15-2)12(14)18/h7,10,15H,4-6,8H2,1-3H3,(H2,14,18). The number of amides is 1. The summed E-state index contributed by atoms with van der Waals surface area (Å²) < 4.78 is 1.90. The lowest BCUT2D eigenvalue weighted by Crippen LogP contribution is -2.57. The average Bonchev–Trinajstić information content (AvgIpc) is 2.67. The van der Waals surface area contributed by atoms with Crippen molar-refractivity contribution in [2.24, 2.45) is 12.8 Å².